The molecule has 17 heavy (non-hydrogen) atoms. The minimum atomic E-state index is 0. The third kappa shape index (κ3) is 3.78. The highest BCUT2D eigenvalue weighted by molar-refractivity contribution is 5.85. The molecule has 1 aromatic carbocycles. The monoisotopic (exact) mass is 273 g/mol. The zero-order chi connectivity index (χ0) is 10.7. The Morgan fingerprint density at radius 1 is 1.24 bits per heavy atom. The highest BCUT2D eigenvalue weighted by Gasteiger charge is 2.12. The van der Waals surface area contributed by atoms with E-state index >= 15 is 0 Å². The lowest BCUT2D eigenvalue weighted by Crippen LogP contribution is -2.43. The number of nitrogens with one attached hydrogen (secondary N) is 1. The molecule has 0 atom stereocenters. The van der Waals surface area contributed by atoms with Crippen LogP contribution in [0.4, 0.5) is 5.69 Å². The van der Waals surface area contributed by atoms with Crippen molar-refractivity contribution in [3.63, 3.8) is 0 Å². The number of aryl methyl sites for hydroxylation is 1. The Morgan fingerprint density at radius 2 is 1.88 bits per heavy atom. The van der Waals surface area contributed by atoms with Crippen LogP contribution in [-0.4, -0.2) is 26.2 Å². The van der Waals surface area contributed by atoms with Crippen molar-refractivity contribution in [3.05, 3.63) is 29.3 Å². The van der Waals surface area contributed by atoms with Crippen molar-refractivity contribution < 1.29 is 0 Å². The van der Waals surface area contributed by atoms with E-state index in [-0.39, 0.29) is 24.8 Å². The number of anilines is 1. The molecule has 1 aromatic rings. The van der Waals surface area contributed by atoms with E-state index in [1.807, 2.05) is 12.1 Å². The Bertz CT molecular complexity index is 395. The molecule has 1 N–H and O–H groups in total. The van der Waals surface area contributed by atoms with Gasteiger partial charge in [0.25, 0.3) is 0 Å². The minimum Gasteiger partial charge on any atom is -0.369 e. The molecule has 0 aromatic heterocycles. The average Bonchev–Trinajstić information content (AvgIpc) is 2.30. The first-order valence-electron chi connectivity index (χ1n) is 5.27. The highest BCUT2D eigenvalue weighted by Crippen LogP contribution is 2.21. The van der Waals surface area contributed by atoms with E-state index in [2.05, 4.69) is 29.3 Å². The largest absolute Gasteiger partial charge is 0.369 e. The van der Waals surface area contributed by atoms with Crippen LogP contribution in [0.2, 0.25) is 0 Å². The predicted molar refractivity (Wildman–Crippen MR) is 75.5 cm³/mol. The molecule has 0 aliphatic carbocycles. The summed E-state index contributed by atoms with van der Waals surface area (Å²) in [6, 6.07) is 8.07. The maximum Gasteiger partial charge on any atom is 0.0991 e. The number of hydrogen-bond acceptors (Lipinski definition) is 3. The van der Waals surface area contributed by atoms with Crippen molar-refractivity contribution in [1.82, 2.24) is 5.32 Å². The molecule has 3 nitrogen and oxygen atoms in total. The molecule has 1 aliphatic rings. The molecule has 0 bridgehead atoms. The van der Waals surface area contributed by atoms with Gasteiger partial charge in [0.1, 0.15) is 0 Å². The number of nitriles is 1. The first-order chi connectivity index (χ1) is 7.31. The van der Waals surface area contributed by atoms with Crippen molar-refractivity contribution in [3.8, 4) is 6.07 Å². The molecule has 0 radical (unpaired) electrons. The van der Waals surface area contributed by atoms with E-state index in [0.29, 0.717) is 0 Å². The molecule has 1 heterocycles. The second-order valence-electron chi connectivity index (χ2n) is 3.85. The molecule has 0 unspecified atom stereocenters. The summed E-state index contributed by atoms with van der Waals surface area (Å²) < 4.78 is 0. The maximum absolute atomic E-state index is 8.79. The molecule has 0 amide bonds. The zero-order valence-corrected chi connectivity index (χ0v) is 11.4. The third-order valence-corrected chi connectivity index (χ3v) is 2.78. The van der Waals surface area contributed by atoms with Gasteiger partial charge in [0.2, 0.25) is 0 Å². The summed E-state index contributed by atoms with van der Waals surface area (Å²) in [7, 11) is 0. The maximum atomic E-state index is 8.79. The Hall–Kier alpha value is -0.950. The van der Waals surface area contributed by atoms with Gasteiger partial charge in [-0.15, -0.1) is 24.8 Å². The van der Waals surface area contributed by atoms with Crippen LogP contribution in [0.25, 0.3) is 0 Å². The Labute approximate surface area is 115 Å². The van der Waals surface area contributed by atoms with Gasteiger partial charge < -0.3 is 10.2 Å². The quantitative estimate of drug-likeness (QED) is 0.852. The van der Waals surface area contributed by atoms with Gasteiger partial charge >= 0.3 is 0 Å². The summed E-state index contributed by atoms with van der Waals surface area (Å²) in [5, 5.41) is 12.1. The van der Waals surface area contributed by atoms with Crippen molar-refractivity contribution in [2.24, 2.45) is 0 Å². The number of nitrogens with zero attached hydrogens (tertiary/aromatic N) is 2. The Kier molecular flexibility index (Phi) is 6.98. The number of piperazine rings is 1. The van der Waals surface area contributed by atoms with Gasteiger partial charge in [0, 0.05) is 31.9 Å². The van der Waals surface area contributed by atoms with Crippen LogP contribution in [0.5, 0.6) is 0 Å². The van der Waals surface area contributed by atoms with E-state index in [0.717, 1.165) is 31.7 Å². The molecule has 1 saturated heterocycles. The molecular formula is C12H17Cl2N3. The lowest BCUT2D eigenvalue weighted by Gasteiger charge is -2.30. The Balaban J connectivity index is 0.00000128. The van der Waals surface area contributed by atoms with Crippen molar-refractivity contribution in [1.29, 1.82) is 5.26 Å². The van der Waals surface area contributed by atoms with Gasteiger partial charge in [0.15, 0.2) is 0 Å². The van der Waals surface area contributed by atoms with Crippen LogP contribution < -0.4 is 10.2 Å². The van der Waals surface area contributed by atoms with Crippen molar-refractivity contribution in [2.75, 3.05) is 31.1 Å². The van der Waals surface area contributed by atoms with Crippen LogP contribution in [0.15, 0.2) is 18.2 Å². The van der Waals surface area contributed by atoms with Gasteiger partial charge in [-0.2, -0.15) is 5.26 Å². The Morgan fingerprint density at radius 3 is 2.41 bits per heavy atom. The normalized spacial score (nSPS) is 14.2. The molecule has 1 fully saturated rings. The molecule has 0 saturated carbocycles. The second kappa shape index (κ2) is 7.39. The predicted octanol–water partition coefficient (Wildman–Crippen LogP) is 2.12. The molecule has 1 aliphatic heterocycles. The van der Waals surface area contributed by atoms with E-state index in [9.17, 15) is 0 Å². The minimum absolute atomic E-state index is 0. The van der Waals surface area contributed by atoms with Crippen LogP contribution in [0.3, 0.4) is 0 Å². The molecule has 2 rings (SSSR count). The number of benzene rings is 1. The van der Waals surface area contributed by atoms with E-state index in [1.54, 1.807) is 0 Å². The van der Waals surface area contributed by atoms with Crippen LogP contribution in [0.1, 0.15) is 11.1 Å². The lowest BCUT2D eigenvalue weighted by atomic mass is 10.1. The van der Waals surface area contributed by atoms with Crippen LogP contribution in [-0.2, 0) is 0 Å². The van der Waals surface area contributed by atoms with E-state index in [4.69, 9.17) is 5.26 Å². The summed E-state index contributed by atoms with van der Waals surface area (Å²) in [5.74, 6) is 0. The van der Waals surface area contributed by atoms with Crippen LogP contribution in [0, 0.1) is 18.3 Å². The van der Waals surface area contributed by atoms with Gasteiger partial charge in [-0.05, 0) is 30.7 Å². The number of halogens is 2. The fourth-order valence-electron chi connectivity index (χ4n) is 1.99. The summed E-state index contributed by atoms with van der Waals surface area (Å²) in [4.78, 5) is 2.37. The van der Waals surface area contributed by atoms with Crippen molar-refractivity contribution >= 4 is 30.5 Å². The molecule has 94 valence electrons. The molecule has 5 heteroatoms. The summed E-state index contributed by atoms with van der Waals surface area (Å²) in [6.45, 7) is 6.25. The summed E-state index contributed by atoms with van der Waals surface area (Å²) in [6.07, 6.45) is 0. The second-order valence-corrected chi connectivity index (χ2v) is 3.85. The summed E-state index contributed by atoms with van der Waals surface area (Å²) >= 11 is 0. The van der Waals surface area contributed by atoms with Gasteiger partial charge in [-0.1, -0.05) is 0 Å². The zero-order valence-electron chi connectivity index (χ0n) is 9.77. The topological polar surface area (TPSA) is 39.1 Å². The van der Waals surface area contributed by atoms with Crippen LogP contribution >= 0.6 is 24.8 Å². The average molecular weight is 274 g/mol. The molecule has 0 spiro atoms. The van der Waals surface area contributed by atoms with Gasteiger partial charge in [-0.3, -0.25) is 0 Å². The highest BCUT2D eigenvalue weighted by atomic mass is 35.5. The third-order valence-electron chi connectivity index (χ3n) is 2.78. The SMILES string of the molecule is Cc1cc(C#N)ccc1N1CCNCC1.Cl.Cl. The fourth-order valence-corrected chi connectivity index (χ4v) is 1.99. The van der Waals surface area contributed by atoms with Gasteiger partial charge in [-0.25, -0.2) is 0 Å². The molecular weight excluding hydrogens is 257 g/mol. The first-order valence-corrected chi connectivity index (χ1v) is 5.27. The number of hydrogen-bond donors (Lipinski definition) is 1. The first kappa shape index (κ1) is 16.1. The van der Waals surface area contributed by atoms with Crippen molar-refractivity contribution in [2.45, 2.75) is 6.92 Å². The van der Waals surface area contributed by atoms with E-state index < -0.39 is 0 Å². The smallest absolute Gasteiger partial charge is 0.0991 e. The standard InChI is InChI=1S/C12H15N3.2ClH/c1-10-8-11(9-13)2-3-12(10)15-6-4-14-5-7-15;;/h2-3,8,14H,4-7H2,1H3;2*1H. The lowest BCUT2D eigenvalue weighted by molar-refractivity contribution is 0.588. The van der Waals surface area contributed by atoms with E-state index in [1.165, 1.54) is 11.3 Å². The summed E-state index contributed by atoms with van der Waals surface area (Å²) in [5.41, 5.74) is 3.19. The van der Waals surface area contributed by atoms with Gasteiger partial charge in [0.05, 0.1) is 11.6 Å². The fraction of sp³-hybridized carbons (Fsp3) is 0.417. The number of rotatable bonds is 1.